The van der Waals surface area contributed by atoms with Crippen molar-refractivity contribution in [3.63, 3.8) is 0 Å². The van der Waals surface area contributed by atoms with Gasteiger partial charge in [0.15, 0.2) is 0 Å². The van der Waals surface area contributed by atoms with Crippen LogP contribution in [0.1, 0.15) is 16.7 Å². The molecule has 0 heterocycles. The average Bonchev–Trinajstić information content (AvgIpc) is 2.89. The highest BCUT2D eigenvalue weighted by atomic mass is 35.5. The standard InChI is InChI=1S/C27H19ClF3N3O3/c28-23-12-11-19(14-22(23)27(29,30)31)33-25(35)26(36)34-32-15-21-20-9-5-4-8-18(20)10-13-24(21)37-16-17-6-2-1-3-7-17/h1-15H,16H2,(H,33,35)(H,34,36)/b32-15-. The number of hydrazone groups is 1. The number of ether oxygens (including phenoxy) is 1. The van der Waals surface area contributed by atoms with E-state index in [0.717, 1.165) is 28.5 Å². The maximum atomic E-state index is 13.0. The number of nitrogens with zero attached hydrogens (tertiary/aromatic N) is 1. The summed E-state index contributed by atoms with van der Waals surface area (Å²) in [6.07, 6.45) is -3.37. The minimum atomic E-state index is -4.72. The largest absolute Gasteiger partial charge is 0.488 e. The van der Waals surface area contributed by atoms with Gasteiger partial charge in [-0.2, -0.15) is 18.3 Å². The zero-order chi connectivity index (χ0) is 26.4. The van der Waals surface area contributed by atoms with Gasteiger partial charge in [0.05, 0.1) is 16.8 Å². The molecule has 0 aromatic heterocycles. The Morgan fingerprint density at radius 1 is 0.919 bits per heavy atom. The fourth-order valence-corrected chi connectivity index (χ4v) is 3.71. The SMILES string of the molecule is O=C(N/N=C\c1c(OCc2ccccc2)ccc2ccccc12)C(=O)Nc1ccc(Cl)c(C(F)(F)F)c1. The molecule has 0 spiro atoms. The average molecular weight is 526 g/mol. The van der Waals surface area contributed by atoms with Crippen molar-refractivity contribution in [2.24, 2.45) is 5.10 Å². The third-order valence-corrected chi connectivity index (χ3v) is 5.59. The molecule has 0 saturated heterocycles. The van der Waals surface area contributed by atoms with Gasteiger partial charge in [0.2, 0.25) is 0 Å². The molecule has 0 fully saturated rings. The summed E-state index contributed by atoms with van der Waals surface area (Å²) in [6, 6.07) is 23.5. The zero-order valence-electron chi connectivity index (χ0n) is 19.1. The highest BCUT2D eigenvalue weighted by Crippen LogP contribution is 2.36. The molecule has 0 aliphatic carbocycles. The lowest BCUT2D eigenvalue weighted by Crippen LogP contribution is -2.32. The molecular weight excluding hydrogens is 507 g/mol. The normalized spacial score (nSPS) is 11.5. The Balaban J connectivity index is 1.48. The number of benzene rings is 4. The summed E-state index contributed by atoms with van der Waals surface area (Å²) in [4.78, 5) is 24.4. The Morgan fingerprint density at radius 3 is 2.41 bits per heavy atom. The summed E-state index contributed by atoms with van der Waals surface area (Å²) >= 11 is 5.58. The summed E-state index contributed by atoms with van der Waals surface area (Å²) in [7, 11) is 0. The number of hydrogen-bond acceptors (Lipinski definition) is 4. The molecule has 188 valence electrons. The van der Waals surface area contributed by atoms with Crippen molar-refractivity contribution in [2.45, 2.75) is 12.8 Å². The van der Waals surface area contributed by atoms with E-state index >= 15 is 0 Å². The van der Waals surface area contributed by atoms with Crippen LogP contribution in [0, 0.1) is 0 Å². The number of amides is 2. The lowest BCUT2D eigenvalue weighted by Gasteiger charge is -2.12. The summed E-state index contributed by atoms with van der Waals surface area (Å²) < 4.78 is 45.1. The van der Waals surface area contributed by atoms with E-state index < -0.39 is 28.6 Å². The highest BCUT2D eigenvalue weighted by Gasteiger charge is 2.33. The predicted octanol–water partition coefficient (Wildman–Crippen LogP) is 6.18. The predicted molar refractivity (Wildman–Crippen MR) is 136 cm³/mol. The van der Waals surface area contributed by atoms with E-state index in [-0.39, 0.29) is 5.69 Å². The number of nitrogens with one attached hydrogen (secondary N) is 2. The summed E-state index contributed by atoms with van der Waals surface area (Å²) in [5.74, 6) is -1.87. The number of alkyl halides is 3. The van der Waals surface area contributed by atoms with Gasteiger partial charge in [-0.05, 0) is 40.6 Å². The molecule has 0 bridgehead atoms. The number of anilines is 1. The van der Waals surface area contributed by atoms with Crippen molar-refractivity contribution in [1.82, 2.24) is 5.43 Å². The van der Waals surface area contributed by atoms with Crippen LogP contribution in [-0.4, -0.2) is 18.0 Å². The minimum absolute atomic E-state index is 0.244. The van der Waals surface area contributed by atoms with Crippen molar-refractivity contribution in [3.05, 3.63) is 107 Å². The Bertz CT molecular complexity index is 1470. The smallest absolute Gasteiger partial charge is 0.417 e. The van der Waals surface area contributed by atoms with Crippen LogP contribution in [0.2, 0.25) is 5.02 Å². The van der Waals surface area contributed by atoms with Gasteiger partial charge in [0.1, 0.15) is 12.4 Å². The molecule has 0 saturated carbocycles. The Kier molecular flexibility index (Phi) is 7.74. The van der Waals surface area contributed by atoms with Gasteiger partial charge < -0.3 is 10.1 Å². The number of fused-ring (bicyclic) bond motifs is 1. The molecule has 4 aromatic rings. The minimum Gasteiger partial charge on any atom is -0.488 e. The number of halogens is 4. The molecule has 6 nitrogen and oxygen atoms in total. The van der Waals surface area contributed by atoms with Crippen molar-refractivity contribution < 1.29 is 27.5 Å². The van der Waals surface area contributed by atoms with E-state index in [1.54, 1.807) is 6.07 Å². The van der Waals surface area contributed by atoms with Gasteiger partial charge in [0, 0.05) is 11.3 Å². The molecule has 0 unspecified atom stereocenters. The molecule has 0 radical (unpaired) electrons. The summed E-state index contributed by atoms with van der Waals surface area (Å²) in [5, 5.41) is 7.16. The second-order valence-corrected chi connectivity index (χ2v) is 8.23. The molecule has 2 amide bonds. The van der Waals surface area contributed by atoms with Crippen molar-refractivity contribution in [2.75, 3.05) is 5.32 Å². The van der Waals surface area contributed by atoms with Crippen LogP contribution in [0.3, 0.4) is 0 Å². The highest BCUT2D eigenvalue weighted by molar-refractivity contribution is 6.39. The fourth-order valence-electron chi connectivity index (χ4n) is 3.48. The van der Waals surface area contributed by atoms with E-state index in [2.05, 4.69) is 15.8 Å². The monoisotopic (exact) mass is 525 g/mol. The van der Waals surface area contributed by atoms with Crippen molar-refractivity contribution in [1.29, 1.82) is 0 Å². The molecule has 10 heteroatoms. The van der Waals surface area contributed by atoms with Gasteiger partial charge in [-0.1, -0.05) is 72.3 Å². The summed E-state index contributed by atoms with van der Waals surface area (Å²) in [6.45, 7) is 0.301. The topological polar surface area (TPSA) is 79.8 Å². The van der Waals surface area contributed by atoms with E-state index in [9.17, 15) is 22.8 Å². The zero-order valence-corrected chi connectivity index (χ0v) is 19.8. The number of carbonyl (C=O) groups excluding carboxylic acids is 2. The first-order valence-corrected chi connectivity index (χ1v) is 11.3. The third-order valence-electron chi connectivity index (χ3n) is 5.26. The molecule has 2 N–H and O–H groups in total. The third kappa shape index (κ3) is 6.45. The molecule has 4 rings (SSSR count). The Labute approximate surface area is 214 Å². The first kappa shape index (κ1) is 25.7. The van der Waals surface area contributed by atoms with Crippen LogP contribution in [-0.2, 0) is 22.4 Å². The molecule has 37 heavy (non-hydrogen) atoms. The second kappa shape index (κ2) is 11.1. The first-order valence-electron chi connectivity index (χ1n) is 10.9. The van der Waals surface area contributed by atoms with Crippen molar-refractivity contribution >= 4 is 46.1 Å². The Morgan fingerprint density at radius 2 is 1.65 bits per heavy atom. The number of carbonyl (C=O) groups is 2. The van der Waals surface area contributed by atoms with E-state index in [1.807, 2.05) is 60.7 Å². The van der Waals surface area contributed by atoms with Crippen LogP contribution in [0.15, 0.2) is 90.0 Å². The van der Waals surface area contributed by atoms with E-state index in [4.69, 9.17) is 16.3 Å². The maximum absolute atomic E-state index is 13.0. The van der Waals surface area contributed by atoms with Crippen LogP contribution < -0.4 is 15.5 Å². The van der Waals surface area contributed by atoms with Gasteiger partial charge >= 0.3 is 18.0 Å². The van der Waals surface area contributed by atoms with E-state index in [1.165, 1.54) is 6.21 Å². The lowest BCUT2D eigenvalue weighted by atomic mass is 10.0. The van der Waals surface area contributed by atoms with Crippen LogP contribution >= 0.6 is 11.6 Å². The fraction of sp³-hybridized carbons (Fsp3) is 0.0741. The number of hydrogen-bond donors (Lipinski definition) is 2. The van der Waals surface area contributed by atoms with Crippen molar-refractivity contribution in [3.8, 4) is 5.75 Å². The quantitative estimate of drug-likeness (QED) is 0.179. The molecule has 0 atom stereocenters. The van der Waals surface area contributed by atoms with Crippen LogP contribution in [0.25, 0.3) is 10.8 Å². The molecule has 0 aliphatic rings. The number of rotatable bonds is 6. The van der Waals surface area contributed by atoms with Gasteiger partial charge in [-0.15, -0.1) is 0 Å². The maximum Gasteiger partial charge on any atom is 0.417 e. The molecule has 0 aliphatic heterocycles. The molecular formula is C27H19ClF3N3O3. The van der Waals surface area contributed by atoms with Crippen LogP contribution in [0.5, 0.6) is 5.75 Å². The second-order valence-electron chi connectivity index (χ2n) is 7.82. The molecule has 4 aromatic carbocycles. The van der Waals surface area contributed by atoms with Crippen LogP contribution in [0.4, 0.5) is 18.9 Å². The Hall–Kier alpha value is -4.37. The van der Waals surface area contributed by atoms with E-state index in [0.29, 0.717) is 24.0 Å². The lowest BCUT2D eigenvalue weighted by molar-refractivity contribution is -0.137. The summed E-state index contributed by atoms with van der Waals surface area (Å²) in [5.41, 5.74) is 2.24. The van der Waals surface area contributed by atoms with Gasteiger partial charge in [-0.25, -0.2) is 5.43 Å². The first-order chi connectivity index (χ1) is 17.7. The van der Waals surface area contributed by atoms with Gasteiger partial charge in [0.25, 0.3) is 0 Å². The van der Waals surface area contributed by atoms with Gasteiger partial charge in [-0.3, -0.25) is 9.59 Å².